The van der Waals surface area contributed by atoms with Crippen LogP contribution >= 0.6 is 0 Å². The van der Waals surface area contributed by atoms with Gasteiger partial charge in [-0.15, -0.1) is 0 Å². The van der Waals surface area contributed by atoms with Gasteiger partial charge in [0, 0.05) is 6.04 Å². The van der Waals surface area contributed by atoms with Gasteiger partial charge in [-0.3, -0.25) is 0 Å². The lowest BCUT2D eigenvalue weighted by molar-refractivity contribution is 0.0418. The predicted molar refractivity (Wildman–Crippen MR) is 55.9 cm³/mol. The first-order valence-electron chi connectivity index (χ1n) is 5.56. The molecule has 0 aromatic rings. The van der Waals surface area contributed by atoms with Gasteiger partial charge in [0.15, 0.2) is 0 Å². The van der Waals surface area contributed by atoms with Gasteiger partial charge >= 0.3 is 0 Å². The molecule has 0 aromatic heterocycles. The second-order valence-electron chi connectivity index (χ2n) is 4.17. The fourth-order valence-corrected chi connectivity index (χ4v) is 1.71. The van der Waals surface area contributed by atoms with Crippen LogP contribution in [0.2, 0.25) is 0 Å². The molecule has 2 unspecified atom stereocenters. The van der Waals surface area contributed by atoms with Gasteiger partial charge in [-0.05, 0) is 39.2 Å². The molecular formula is C11H23NO. The Morgan fingerprint density at radius 2 is 2.15 bits per heavy atom. The highest BCUT2D eigenvalue weighted by molar-refractivity contribution is 4.85. The molecule has 2 nitrogen and oxygen atoms in total. The van der Waals surface area contributed by atoms with Crippen molar-refractivity contribution in [2.45, 2.75) is 51.7 Å². The zero-order chi connectivity index (χ0) is 9.68. The van der Waals surface area contributed by atoms with E-state index in [1.807, 2.05) is 7.05 Å². The first-order chi connectivity index (χ1) is 6.27. The van der Waals surface area contributed by atoms with Gasteiger partial charge in [0.1, 0.15) is 0 Å². The van der Waals surface area contributed by atoms with Crippen LogP contribution in [0.25, 0.3) is 0 Å². The zero-order valence-electron chi connectivity index (χ0n) is 9.18. The van der Waals surface area contributed by atoms with Gasteiger partial charge in [0.2, 0.25) is 0 Å². The first kappa shape index (κ1) is 11.0. The van der Waals surface area contributed by atoms with Crippen molar-refractivity contribution in [2.75, 3.05) is 13.7 Å². The Morgan fingerprint density at radius 3 is 2.62 bits per heavy atom. The van der Waals surface area contributed by atoms with Crippen LogP contribution in [0.5, 0.6) is 0 Å². The third-order valence-electron chi connectivity index (χ3n) is 2.82. The van der Waals surface area contributed by atoms with E-state index in [9.17, 15) is 0 Å². The largest absolute Gasteiger partial charge is 0.377 e. The summed E-state index contributed by atoms with van der Waals surface area (Å²) in [6.07, 6.45) is 5.60. The highest BCUT2D eigenvalue weighted by Crippen LogP contribution is 2.32. The summed E-state index contributed by atoms with van der Waals surface area (Å²) >= 11 is 0. The molecule has 0 saturated heterocycles. The fraction of sp³-hybridized carbons (Fsp3) is 1.00. The molecule has 78 valence electrons. The Labute approximate surface area is 82.0 Å². The van der Waals surface area contributed by atoms with Crippen LogP contribution in [-0.4, -0.2) is 25.8 Å². The number of rotatable bonds is 7. The molecule has 0 spiro atoms. The van der Waals surface area contributed by atoms with Crippen molar-refractivity contribution < 1.29 is 4.74 Å². The van der Waals surface area contributed by atoms with Crippen LogP contribution < -0.4 is 5.32 Å². The van der Waals surface area contributed by atoms with E-state index in [0.717, 1.165) is 12.5 Å². The van der Waals surface area contributed by atoms with E-state index in [1.165, 1.54) is 25.7 Å². The minimum Gasteiger partial charge on any atom is -0.377 e. The molecular weight excluding hydrogens is 162 g/mol. The Morgan fingerprint density at radius 1 is 1.46 bits per heavy atom. The van der Waals surface area contributed by atoms with E-state index in [1.54, 1.807) is 0 Å². The molecule has 0 aliphatic heterocycles. The lowest BCUT2D eigenvalue weighted by Crippen LogP contribution is -2.33. The topological polar surface area (TPSA) is 21.3 Å². The van der Waals surface area contributed by atoms with Crippen molar-refractivity contribution >= 4 is 0 Å². The van der Waals surface area contributed by atoms with Crippen molar-refractivity contribution in [1.29, 1.82) is 0 Å². The standard InChI is InChI=1S/C11H23NO/c1-4-5-9(2)13-8-11(12-3)10-6-7-10/h9-12H,4-8H2,1-3H3. The molecule has 0 amide bonds. The van der Waals surface area contributed by atoms with Crippen LogP contribution in [-0.2, 0) is 4.74 Å². The molecule has 2 atom stereocenters. The highest BCUT2D eigenvalue weighted by atomic mass is 16.5. The Kier molecular flexibility index (Phi) is 4.74. The summed E-state index contributed by atoms with van der Waals surface area (Å²) in [5.41, 5.74) is 0. The van der Waals surface area contributed by atoms with Crippen LogP contribution in [0.4, 0.5) is 0 Å². The van der Waals surface area contributed by atoms with Crippen molar-refractivity contribution in [3.8, 4) is 0 Å². The van der Waals surface area contributed by atoms with E-state index in [-0.39, 0.29) is 0 Å². The molecule has 1 saturated carbocycles. The summed E-state index contributed by atoms with van der Waals surface area (Å²) in [6.45, 7) is 5.27. The van der Waals surface area contributed by atoms with E-state index < -0.39 is 0 Å². The molecule has 0 aromatic carbocycles. The second-order valence-corrected chi connectivity index (χ2v) is 4.17. The quantitative estimate of drug-likeness (QED) is 0.656. The normalized spacial score (nSPS) is 21.5. The molecule has 1 aliphatic rings. The Bertz CT molecular complexity index is 134. The lowest BCUT2D eigenvalue weighted by Gasteiger charge is -2.19. The Balaban J connectivity index is 2.07. The number of likely N-dealkylation sites (N-methyl/N-ethyl adjacent to an activating group) is 1. The second kappa shape index (κ2) is 5.61. The van der Waals surface area contributed by atoms with Crippen LogP contribution in [0.1, 0.15) is 39.5 Å². The van der Waals surface area contributed by atoms with Gasteiger partial charge in [-0.25, -0.2) is 0 Å². The summed E-state index contributed by atoms with van der Waals surface area (Å²) < 4.78 is 5.77. The third kappa shape index (κ3) is 4.10. The van der Waals surface area contributed by atoms with Crippen LogP contribution in [0.3, 0.4) is 0 Å². The number of nitrogens with one attached hydrogen (secondary N) is 1. The summed E-state index contributed by atoms with van der Waals surface area (Å²) in [7, 11) is 2.04. The smallest absolute Gasteiger partial charge is 0.0625 e. The van der Waals surface area contributed by atoms with Crippen molar-refractivity contribution in [3.05, 3.63) is 0 Å². The molecule has 1 N–H and O–H groups in total. The average molecular weight is 185 g/mol. The molecule has 1 fully saturated rings. The average Bonchev–Trinajstić information content (AvgIpc) is 2.90. The maximum absolute atomic E-state index is 5.77. The van der Waals surface area contributed by atoms with Crippen molar-refractivity contribution in [2.24, 2.45) is 5.92 Å². The molecule has 1 aliphatic carbocycles. The summed E-state index contributed by atoms with van der Waals surface area (Å²) in [5.74, 6) is 0.888. The number of hydrogen-bond donors (Lipinski definition) is 1. The predicted octanol–water partition coefficient (Wildman–Crippen LogP) is 2.19. The van der Waals surface area contributed by atoms with E-state index in [2.05, 4.69) is 19.2 Å². The maximum atomic E-state index is 5.77. The van der Waals surface area contributed by atoms with Crippen molar-refractivity contribution in [1.82, 2.24) is 5.32 Å². The summed E-state index contributed by atoms with van der Waals surface area (Å²) in [4.78, 5) is 0. The molecule has 1 rings (SSSR count). The van der Waals surface area contributed by atoms with Crippen LogP contribution in [0.15, 0.2) is 0 Å². The molecule has 0 radical (unpaired) electrons. The molecule has 0 heterocycles. The van der Waals surface area contributed by atoms with Gasteiger partial charge in [-0.1, -0.05) is 13.3 Å². The van der Waals surface area contributed by atoms with Gasteiger partial charge in [-0.2, -0.15) is 0 Å². The van der Waals surface area contributed by atoms with Crippen molar-refractivity contribution in [3.63, 3.8) is 0 Å². The first-order valence-corrected chi connectivity index (χ1v) is 5.56. The van der Waals surface area contributed by atoms with E-state index in [0.29, 0.717) is 12.1 Å². The van der Waals surface area contributed by atoms with E-state index >= 15 is 0 Å². The minimum atomic E-state index is 0.430. The lowest BCUT2D eigenvalue weighted by atomic mass is 10.2. The fourth-order valence-electron chi connectivity index (χ4n) is 1.71. The molecule has 2 heteroatoms. The number of ether oxygens (including phenoxy) is 1. The monoisotopic (exact) mass is 185 g/mol. The van der Waals surface area contributed by atoms with Gasteiger partial charge in [0.05, 0.1) is 12.7 Å². The molecule has 13 heavy (non-hydrogen) atoms. The van der Waals surface area contributed by atoms with Gasteiger partial charge < -0.3 is 10.1 Å². The van der Waals surface area contributed by atoms with Crippen LogP contribution in [0, 0.1) is 5.92 Å². The van der Waals surface area contributed by atoms with Gasteiger partial charge in [0.25, 0.3) is 0 Å². The maximum Gasteiger partial charge on any atom is 0.0625 e. The molecule has 0 bridgehead atoms. The van der Waals surface area contributed by atoms with E-state index in [4.69, 9.17) is 4.74 Å². The Hall–Kier alpha value is -0.0800. The summed E-state index contributed by atoms with van der Waals surface area (Å²) in [6, 6.07) is 0.597. The SMILES string of the molecule is CCCC(C)OCC(NC)C1CC1. The third-order valence-corrected chi connectivity index (χ3v) is 2.82. The minimum absolute atomic E-state index is 0.430. The summed E-state index contributed by atoms with van der Waals surface area (Å²) in [5, 5.41) is 3.34. The zero-order valence-corrected chi connectivity index (χ0v) is 9.18. The number of hydrogen-bond acceptors (Lipinski definition) is 2. The highest BCUT2D eigenvalue weighted by Gasteiger charge is 2.30.